The first-order chi connectivity index (χ1) is 31.4. The summed E-state index contributed by atoms with van der Waals surface area (Å²) in [6, 6.07) is 28.1. The maximum atomic E-state index is 14.1. The Morgan fingerprint density at radius 1 is 0.723 bits per heavy atom. The first kappa shape index (κ1) is 44.6. The van der Waals surface area contributed by atoms with E-state index in [1.165, 1.54) is 14.2 Å². The minimum absolute atomic E-state index is 0.127. The van der Waals surface area contributed by atoms with Crippen LogP contribution in [0.4, 0.5) is 9.59 Å². The van der Waals surface area contributed by atoms with Crippen molar-refractivity contribution in [2.45, 2.75) is 65.1 Å². The van der Waals surface area contributed by atoms with Crippen molar-refractivity contribution in [1.82, 2.24) is 40.4 Å². The van der Waals surface area contributed by atoms with Gasteiger partial charge in [0.15, 0.2) is 5.79 Å². The molecule has 1 aliphatic rings. The fraction of sp³-hybridized carbons (Fsp3) is 0.347. The van der Waals surface area contributed by atoms with Crippen LogP contribution < -0.4 is 10.6 Å². The van der Waals surface area contributed by atoms with Crippen molar-refractivity contribution in [2.24, 2.45) is 5.92 Å². The highest BCUT2D eigenvalue weighted by Crippen LogP contribution is 2.33. The predicted octanol–water partition coefficient (Wildman–Crippen LogP) is 7.72. The number of hydrogen-bond donors (Lipinski definition) is 4. The summed E-state index contributed by atoms with van der Waals surface area (Å²) in [5.74, 6) is -0.590. The number of aromatic amines is 2. The molecule has 0 aliphatic carbocycles. The van der Waals surface area contributed by atoms with Gasteiger partial charge in [-0.1, -0.05) is 87.5 Å². The van der Waals surface area contributed by atoms with Gasteiger partial charge in [0.05, 0.1) is 69.1 Å². The third kappa shape index (κ3) is 9.59. The van der Waals surface area contributed by atoms with Gasteiger partial charge < -0.3 is 49.3 Å². The lowest BCUT2D eigenvalue weighted by atomic mass is 9.98. The first-order valence-corrected chi connectivity index (χ1v) is 21.8. The van der Waals surface area contributed by atoms with Crippen LogP contribution in [-0.4, -0.2) is 106 Å². The van der Waals surface area contributed by atoms with Crippen LogP contribution in [-0.2, 0) is 41.6 Å². The fourth-order valence-electron chi connectivity index (χ4n) is 8.52. The van der Waals surface area contributed by atoms with E-state index in [1.807, 2.05) is 57.2 Å². The van der Waals surface area contributed by atoms with Crippen molar-refractivity contribution in [3.8, 4) is 11.1 Å². The lowest BCUT2D eigenvalue weighted by Crippen LogP contribution is -2.54. The van der Waals surface area contributed by atoms with Gasteiger partial charge in [0, 0.05) is 17.3 Å². The van der Waals surface area contributed by atoms with E-state index >= 15 is 0 Å². The number of carbonyl (C=O) groups is 4. The normalized spacial score (nSPS) is 14.4. The molecule has 7 aromatic rings. The quantitative estimate of drug-likeness (QED) is 0.0793. The Labute approximate surface area is 376 Å². The molecule has 0 unspecified atom stereocenters. The van der Waals surface area contributed by atoms with Crippen LogP contribution in [0.15, 0.2) is 91.0 Å². The highest BCUT2D eigenvalue weighted by atomic mass is 16.7. The monoisotopic (exact) mass is 882 g/mol. The Kier molecular flexibility index (Phi) is 13.0. The number of carbonyl (C=O) groups excluding carboxylic acids is 4. The molecule has 338 valence electrons. The highest BCUT2D eigenvalue weighted by Gasteiger charge is 2.38. The van der Waals surface area contributed by atoms with E-state index in [9.17, 15) is 19.2 Å². The summed E-state index contributed by atoms with van der Waals surface area (Å²) in [7, 11) is 2.54. The Hall–Kier alpha value is -7.04. The van der Waals surface area contributed by atoms with E-state index in [4.69, 9.17) is 28.9 Å². The molecule has 8 rings (SSSR count). The molecule has 1 fully saturated rings. The maximum absolute atomic E-state index is 14.1. The van der Waals surface area contributed by atoms with Crippen LogP contribution >= 0.6 is 0 Å². The lowest BCUT2D eigenvalue weighted by molar-refractivity contribution is -0.169. The van der Waals surface area contributed by atoms with Gasteiger partial charge in [-0.2, -0.15) is 0 Å². The minimum atomic E-state index is -1.01. The number of rotatable bonds is 15. The average molecular weight is 883 g/mol. The van der Waals surface area contributed by atoms with Crippen molar-refractivity contribution in [2.75, 3.05) is 40.5 Å². The number of nitrogens with one attached hydrogen (secondary N) is 4. The highest BCUT2D eigenvalue weighted by molar-refractivity contribution is 6.07. The molecule has 5 aromatic carbocycles. The van der Waals surface area contributed by atoms with Crippen LogP contribution in [0, 0.1) is 5.92 Å². The van der Waals surface area contributed by atoms with E-state index in [2.05, 4.69) is 63.1 Å². The number of hydrogen-bond acceptors (Lipinski definition) is 10. The molecule has 0 saturated carbocycles. The summed E-state index contributed by atoms with van der Waals surface area (Å²) in [4.78, 5) is 72.6. The average Bonchev–Trinajstić information content (AvgIpc) is 4.07. The van der Waals surface area contributed by atoms with Gasteiger partial charge in [0.1, 0.15) is 23.7 Å². The molecular weight excluding hydrogens is 829 g/mol. The van der Waals surface area contributed by atoms with Gasteiger partial charge in [-0.05, 0) is 71.0 Å². The number of benzene rings is 5. The number of fused-ring (bicyclic) bond motifs is 6. The molecule has 16 heteroatoms. The number of H-pyrrole nitrogens is 2. The summed E-state index contributed by atoms with van der Waals surface area (Å²) >= 11 is 0. The lowest BCUT2D eigenvalue weighted by Gasteiger charge is -2.34. The summed E-state index contributed by atoms with van der Waals surface area (Å²) < 4.78 is 21.4. The molecule has 2 atom stereocenters. The van der Waals surface area contributed by atoms with Gasteiger partial charge in [0.25, 0.3) is 0 Å². The van der Waals surface area contributed by atoms with Crippen LogP contribution in [0.1, 0.15) is 57.4 Å². The van der Waals surface area contributed by atoms with Crippen molar-refractivity contribution in [1.29, 1.82) is 0 Å². The second kappa shape index (κ2) is 19.0. The minimum Gasteiger partial charge on any atom is -0.453 e. The van der Waals surface area contributed by atoms with Crippen molar-refractivity contribution in [3.05, 3.63) is 108 Å². The van der Waals surface area contributed by atoms with Crippen molar-refractivity contribution < 1.29 is 38.1 Å². The summed E-state index contributed by atoms with van der Waals surface area (Å²) in [6.07, 6.45) is -0.666. The van der Waals surface area contributed by atoms with Crippen molar-refractivity contribution in [3.63, 3.8) is 0 Å². The maximum Gasteiger partial charge on any atom is 0.407 e. The number of alkyl carbamates (subject to hydrolysis) is 2. The Bertz CT molecular complexity index is 2870. The van der Waals surface area contributed by atoms with Gasteiger partial charge in [-0.3, -0.25) is 9.59 Å². The van der Waals surface area contributed by atoms with Crippen LogP contribution in [0.25, 0.3) is 54.7 Å². The van der Waals surface area contributed by atoms with Crippen molar-refractivity contribution >= 4 is 67.6 Å². The number of methoxy groups -OCH3 is 2. The van der Waals surface area contributed by atoms with E-state index in [0.29, 0.717) is 43.4 Å². The Morgan fingerprint density at radius 2 is 1.26 bits per heavy atom. The SMILES string of the molecule is CCCN(Cc1nc2ccc3cc(-c4ccc5c(ccc6nc(CN(CC7(C)OCCO7)C(=O)[C@@H](NC(=O)OC)C(C)C)[nH]c65)c4)ccc3c2[nH]1)C(=O)[C@H](NC(=O)OC)c1ccccc1. The molecule has 2 aromatic heterocycles. The summed E-state index contributed by atoms with van der Waals surface area (Å²) in [5.41, 5.74) is 5.97. The number of amides is 4. The van der Waals surface area contributed by atoms with Crippen LogP contribution in [0.5, 0.6) is 0 Å². The zero-order valence-electron chi connectivity index (χ0n) is 37.4. The van der Waals surface area contributed by atoms with Gasteiger partial charge in [0.2, 0.25) is 11.8 Å². The summed E-state index contributed by atoms with van der Waals surface area (Å²) in [5, 5.41) is 9.40. The number of aromatic nitrogens is 4. The molecule has 16 nitrogen and oxygen atoms in total. The molecular formula is C49H54N8O8. The topological polar surface area (TPSA) is 193 Å². The fourth-order valence-corrected chi connectivity index (χ4v) is 8.52. The third-order valence-electron chi connectivity index (χ3n) is 11.8. The van der Waals surface area contributed by atoms with E-state index in [-0.39, 0.29) is 37.4 Å². The molecule has 3 heterocycles. The Morgan fingerprint density at radius 3 is 1.78 bits per heavy atom. The van der Waals surface area contributed by atoms with Gasteiger partial charge in [-0.15, -0.1) is 0 Å². The second-order valence-electron chi connectivity index (χ2n) is 16.8. The standard InChI is InChI=1S/C49H54N8O8/c1-7-21-56(46(59)42(55-48(61)63-6)30-11-9-8-10-12-30)26-39-50-37-19-15-33-24-31(13-17-35(33)43(37)52-39)32-14-18-36-34(25-32)16-20-38-44(36)53-40(51-38)27-57(28-49(4)64-22-23-65-49)45(58)41(29(2)3)54-47(60)62-5/h8-20,24-25,29,41-42H,7,21-23,26-28H2,1-6H3,(H,50,52)(H,51,53)(H,54,60)(H,55,61)/t41-,42+/m0/s1. The van der Waals surface area contributed by atoms with Gasteiger partial charge >= 0.3 is 12.2 Å². The molecule has 0 bridgehead atoms. The number of ether oxygens (including phenoxy) is 4. The predicted molar refractivity (Wildman–Crippen MR) is 247 cm³/mol. The molecule has 0 radical (unpaired) electrons. The zero-order chi connectivity index (χ0) is 45.8. The largest absolute Gasteiger partial charge is 0.453 e. The molecule has 4 N–H and O–H groups in total. The first-order valence-electron chi connectivity index (χ1n) is 21.8. The van der Waals surface area contributed by atoms with Crippen LogP contribution in [0.2, 0.25) is 0 Å². The Balaban J connectivity index is 1.04. The summed E-state index contributed by atoms with van der Waals surface area (Å²) in [6.45, 7) is 9.30. The van der Waals surface area contributed by atoms with E-state index in [1.54, 1.807) is 28.9 Å². The van der Waals surface area contributed by atoms with Crippen LogP contribution in [0.3, 0.4) is 0 Å². The third-order valence-corrected chi connectivity index (χ3v) is 11.8. The number of nitrogens with zero attached hydrogens (tertiary/aromatic N) is 4. The van der Waals surface area contributed by atoms with E-state index in [0.717, 1.165) is 54.7 Å². The van der Waals surface area contributed by atoms with E-state index < -0.39 is 30.1 Å². The number of imidazole rings is 2. The zero-order valence-corrected chi connectivity index (χ0v) is 37.4. The van der Waals surface area contributed by atoms with Gasteiger partial charge in [-0.25, -0.2) is 19.6 Å². The smallest absolute Gasteiger partial charge is 0.407 e. The molecule has 1 saturated heterocycles. The molecule has 0 spiro atoms. The molecule has 65 heavy (non-hydrogen) atoms. The molecule has 1 aliphatic heterocycles. The molecule has 4 amide bonds. The second-order valence-corrected chi connectivity index (χ2v) is 16.8.